The van der Waals surface area contributed by atoms with E-state index >= 15 is 0 Å². The van der Waals surface area contributed by atoms with Gasteiger partial charge in [0.05, 0.1) is 16.9 Å². The maximum atomic E-state index is 12.9. The summed E-state index contributed by atoms with van der Waals surface area (Å²) in [5, 5.41) is 1.29. The van der Waals surface area contributed by atoms with Crippen LogP contribution >= 0.6 is 0 Å². The van der Waals surface area contributed by atoms with Gasteiger partial charge >= 0.3 is 0 Å². The molecule has 0 amide bonds. The smallest absolute Gasteiger partial charge is 0.255 e. The first kappa shape index (κ1) is 22.0. The van der Waals surface area contributed by atoms with E-state index in [4.69, 9.17) is 0 Å². The van der Waals surface area contributed by atoms with E-state index in [0.717, 1.165) is 42.0 Å². The summed E-state index contributed by atoms with van der Waals surface area (Å²) in [6.07, 6.45) is 4.74. The summed E-state index contributed by atoms with van der Waals surface area (Å²) in [5.41, 5.74) is 7.62. The van der Waals surface area contributed by atoms with Crippen molar-refractivity contribution in [2.45, 2.75) is 47.2 Å². The van der Waals surface area contributed by atoms with Gasteiger partial charge in [-0.15, -0.1) is 0 Å². The van der Waals surface area contributed by atoms with Gasteiger partial charge in [-0.1, -0.05) is 19.6 Å². The molecule has 0 aliphatic carbocycles. The highest BCUT2D eigenvalue weighted by Gasteiger charge is 2.24. The summed E-state index contributed by atoms with van der Waals surface area (Å²) in [6.45, 7) is 8.61. The Kier molecular flexibility index (Phi) is 5.78. The highest BCUT2D eigenvalue weighted by atomic mass is 16.1. The van der Waals surface area contributed by atoms with Gasteiger partial charge in [0.2, 0.25) is 0 Å². The molecule has 3 aromatic heterocycles. The molecule has 0 saturated heterocycles. The Morgan fingerprint density at radius 3 is 2.56 bits per heavy atom. The van der Waals surface area contributed by atoms with Crippen LogP contribution in [0.3, 0.4) is 0 Å². The number of hydrogen-bond donors (Lipinski definition) is 0. The summed E-state index contributed by atoms with van der Waals surface area (Å²) < 4.78 is 4.02. The van der Waals surface area contributed by atoms with Crippen molar-refractivity contribution in [3.05, 3.63) is 82.0 Å². The molecule has 32 heavy (non-hydrogen) atoms. The molecule has 1 aliphatic heterocycles. The van der Waals surface area contributed by atoms with Crippen LogP contribution in [-0.2, 0) is 20.0 Å². The molecule has 0 bridgehead atoms. The third-order valence-corrected chi connectivity index (χ3v) is 6.55. The Balaban J connectivity index is 0.00000245. The standard InChI is InChI=1S/C26H28N4O.CH4/c1-17(2)29-11-10-24-22(16-29)21-7-6-20(14-25(21)28(24)4)30-12-9-19(13-26(30)31)23-8-5-18(3)15-27-23;/h5-9,12-15,17H,10-11,16H2,1-4H3;1H4. The van der Waals surface area contributed by atoms with Crippen LogP contribution < -0.4 is 5.56 Å². The third kappa shape index (κ3) is 3.67. The van der Waals surface area contributed by atoms with Crippen LogP contribution in [-0.4, -0.2) is 31.6 Å². The lowest BCUT2D eigenvalue weighted by atomic mass is 10.0. The molecule has 0 atom stereocenters. The van der Waals surface area contributed by atoms with Gasteiger partial charge in [-0.25, -0.2) is 0 Å². The van der Waals surface area contributed by atoms with E-state index in [1.54, 1.807) is 10.6 Å². The number of pyridine rings is 2. The van der Waals surface area contributed by atoms with Crippen LogP contribution in [0.4, 0.5) is 0 Å². The van der Waals surface area contributed by atoms with Gasteiger partial charge in [-0.2, -0.15) is 0 Å². The van der Waals surface area contributed by atoms with Crippen LogP contribution in [0, 0.1) is 6.92 Å². The van der Waals surface area contributed by atoms with Crippen molar-refractivity contribution in [2.24, 2.45) is 7.05 Å². The van der Waals surface area contributed by atoms with Gasteiger partial charge in [0.1, 0.15) is 0 Å². The molecule has 166 valence electrons. The van der Waals surface area contributed by atoms with Gasteiger partial charge in [-0.3, -0.25) is 19.2 Å². The Morgan fingerprint density at radius 1 is 1.06 bits per heavy atom. The van der Waals surface area contributed by atoms with Crippen LogP contribution in [0.15, 0.2) is 59.7 Å². The van der Waals surface area contributed by atoms with Crippen LogP contribution in [0.5, 0.6) is 0 Å². The van der Waals surface area contributed by atoms with Crippen molar-refractivity contribution >= 4 is 10.9 Å². The van der Waals surface area contributed by atoms with Gasteiger partial charge in [0.15, 0.2) is 0 Å². The van der Waals surface area contributed by atoms with Crippen molar-refractivity contribution in [3.8, 4) is 16.9 Å². The number of aromatic nitrogens is 3. The minimum atomic E-state index is -0.0517. The molecule has 1 aliphatic rings. The molecule has 0 N–H and O–H groups in total. The van der Waals surface area contributed by atoms with Gasteiger partial charge in [0.25, 0.3) is 5.56 Å². The fourth-order valence-corrected chi connectivity index (χ4v) is 4.66. The van der Waals surface area contributed by atoms with Crippen molar-refractivity contribution in [1.82, 2.24) is 19.0 Å². The lowest BCUT2D eigenvalue weighted by Gasteiger charge is -2.31. The normalized spacial score (nSPS) is 13.9. The zero-order valence-electron chi connectivity index (χ0n) is 18.6. The number of nitrogens with zero attached hydrogens (tertiary/aromatic N) is 4. The molecule has 5 heteroatoms. The predicted octanol–water partition coefficient (Wildman–Crippen LogP) is 5.10. The molecule has 0 fully saturated rings. The highest BCUT2D eigenvalue weighted by Crippen LogP contribution is 2.32. The minimum Gasteiger partial charge on any atom is -0.347 e. The first-order valence-corrected chi connectivity index (χ1v) is 10.9. The summed E-state index contributed by atoms with van der Waals surface area (Å²) in [7, 11) is 2.14. The fraction of sp³-hybridized carbons (Fsp3) is 0.333. The molecule has 1 aromatic carbocycles. The Labute approximate surface area is 190 Å². The largest absolute Gasteiger partial charge is 0.347 e. The van der Waals surface area contributed by atoms with E-state index in [9.17, 15) is 4.79 Å². The van der Waals surface area contributed by atoms with Crippen LogP contribution in [0.1, 0.15) is 38.1 Å². The average Bonchev–Trinajstić information content (AvgIpc) is 3.05. The zero-order chi connectivity index (χ0) is 21.7. The second-order valence-corrected chi connectivity index (χ2v) is 8.84. The molecular formula is C27H32N4O. The van der Waals surface area contributed by atoms with E-state index in [1.165, 1.54) is 22.2 Å². The molecule has 0 saturated carbocycles. The topological polar surface area (TPSA) is 43.1 Å². The Bertz CT molecular complexity index is 1330. The monoisotopic (exact) mass is 428 g/mol. The first-order valence-electron chi connectivity index (χ1n) is 10.9. The van der Waals surface area contributed by atoms with Gasteiger partial charge < -0.3 is 4.57 Å². The van der Waals surface area contributed by atoms with Gasteiger partial charge in [-0.05, 0) is 56.2 Å². The lowest BCUT2D eigenvalue weighted by Crippen LogP contribution is -2.36. The van der Waals surface area contributed by atoms with E-state index < -0.39 is 0 Å². The first-order chi connectivity index (χ1) is 14.9. The molecule has 0 radical (unpaired) electrons. The number of fused-ring (bicyclic) bond motifs is 3. The van der Waals surface area contributed by atoms with Gasteiger partial charge in [0, 0.05) is 67.7 Å². The maximum Gasteiger partial charge on any atom is 0.255 e. The van der Waals surface area contributed by atoms with Crippen molar-refractivity contribution < 1.29 is 0 Å². The average molecular weight is 429 g/mol. The number of hydrogen-bond acceptors (Lipinski definition) is 3. The quantitative estimate of drug-likeness (QED) is 0.456. The number of rotatable bonds is 3. The molecule has 0 spiro atoms. The van der Waals surface area contributed by atoms with Crippen LogP contribution in [0.2, 0.25) is 0 Å². The molecule has 5 nitrogen and oxygen atoms in total. The highest BCUT2D eigenvalue weighted by molar-refractivity contribution is 5.87. The third-order valence-electron chi connectivity index (χ3n) is 6.55. The summed E-state index contributed by atoms with van der Waals surface area (Å²) >= 11 is 0. The summed E-state index contributed by atoms with van der Waals surface area (Å²) in [4.78, 5) is 19.9. The van der Waals surface area contributed by atoms with Crippen LogP contribution in [0.25, 0.3) is 27.8 Å². The maximum absolute atomic E-state index is 12.9. The Hall–Kier alpha value is -3.18. The molecule has 5 rings (SSSR count). The minimum absolute atomic E-state index is 0. The predicted molar refractivity (Wildman–Crippen MR) is 132 cm³/mol. The molecule has 4 aromatic rings. The number of benzene rings is 1. The fourth-order valence-electron chi connectivity index (χ4n) is 4.66. The van der Waals surface area contributed by atoms with E-state index in [-0.39, 0.29) is 13.0 Å². The van der Waals surface area contributed by atoms with Crippen molar-refractivity contribution in [3.63, 3.8) is 0 Å². The zero-order valence-corrected chi connectivity index (χ0v) is 18.6. The second kappa shape index (κ2) is 8.40. The summed E-state index contributed by atoms with van der Waals surface area (Å²) in [5.74, 6) is 0. The van der Waals surface area contributed by atoms with E-state index in [0.29, 0.717) is 6.04 Å². The SMILES string of the molecule is C.Cc1ccc(-c2ccn(-c3ccc4c5c(n(C)c4c3)CCN(C(C)C)C5)c(=O)c2)nc1. The Morgan fingerprint density at radius 2 is 1.88 bits per heavy atom. The van der Waals surface area contributed by atoms with E-state index in [1.807, 2.05) is 37.5 Å². The lowest BCUT2D eigenvalue weighted by molar-refractivity contribution is 0.202. The van der Waals surface area contributed by atoms with E-state index in [2.05, 4.69) is 53.5 Å². The molecule has 4 heterocycles. The summed E-state index contributed by atoms with van der Waals surface area (Å²) in [6, 6.07) is 14.5. The second-order valence-electron chi connectivity index (χ2n) is 8.84. The number of aryl methyl sites for hydroxylation is 2. The van der Waals surface area contributed by atoms with Crippen molar-refractivity contribution in [2.75, 3.05) is 6.54 Å². The molecule has 0 unspecified atom stereocenters. The van der Waals surface area contributed by atoms with Crippen molar-refractivity contribution in [1.29, 1.82) is 0 Å². The molecular weight excluding hydrogens is 396 g/mol.